The van der Waals surface area contributed by atoms with Gasteiger partial charge in [0, 0.05) is 38.4 Å². The van der Waals surface area contributed by atoms with Gasteiger partial charge >= 0.3 is 0 Å². The molecule has 2 aliphatic heterocycles. The Morgan fingerprint density at radius 2 is 1.24 bits per heavy atom. The molecule has 9 aromatic rings. The molecular weight excluding hydrogens is 607 g/mol. The number of hydrogen-bond donors (Lipinski definition) is 0. The van der Waals surface area contributed by atoms with Crippen LogP contribution < -0.4 is 21.1 Å². The molecule has 0 N–H and O–H groups in total. The van der Waals surface area contributed by atoms with E-state index in [1.807, 2.05) is 0 Å². The summed E-state index contributed by atoms with van der Waals surface area (Å²) in [5.74, 6) is 1.87. The Morgan fingerprint density at radius 3 is 2.08 bits per heavy atom. The summed E-state index contributed by atoms with van der Waals surface area (Å²) in [6, 6.07) is 53.6. The fourth-order valence-corrected chi connectivity index (χ4v) is 8.81. The quantitative estimate of drug-likeness (QED) is 0.172. The van der Waals surface area contributed by atoms with Crippen molar-refractivity contribution in [2.75, 3.05) is 0 Å². The molecule has 0 spiro atoms. The summed E-state index contributed by atoms with van der Waals surface area (Å²) in [6.07, 6.45) is 0. The van der Waals surface area contributed by atoms with Crippen LogP contribution in [0.15, 0.2) is 146 Å². The van der Waals surface area contributed by atoms with Gasteiger partial charge in [0.25, 0.3) is 6.71 Å². The van der Waals surface area contributed by atoms with Crippen LogP contribution in [0.25, 0.3) is 66.1 Å². The van der Waals surface area contributed by atoms with E-state index < -0.39 is 0 Å². The summed E-state index contributed by atoms with van der Waals surface area (Å²) in [7, 11) is 0. The number of rotatable bonds is 2. The van der Waals surface area contributed by atoms with Gasteiger partial charge in [0.05, 0.1) is 16.6 Å². The second-order valence-corrected chi connectivity index (χ2v) is 15.0. The lowest BCUT2D eigenvalue weighted by atomic mass is 9.34. The molecule has 11 rings (SSSR count). The van der Waals surface area contributed by atoms with E-state index in [1.165, 1.54) is 88.1 Å². The highest BCUT2D eigenvalue weighted by Gasteiger charge is 2.40. The third-order valence-electron chi connectivity index (χ3n) is 11.1. The van der Waals surface area contributed by atoms with E-state index in [9.17, 15) is 0 Å². The molecule has 0 unspecified atom stereocenters. The highest BCUT2D eigenvalue weighted by molar-refractivity contribution is 6.99. The molecule has 3 nitrogen and oxygen atoms in total. The number of benzene rings is 7. The standard InChI is InChI=1S/C46H33BN2O/c1-46(2,3)30-20-22-31(23-21-30)48-38-16-8-7-13-32(38)34-26-35-33-14-9-15-36-45(33)49(41(35)27-40(34)48)39-17-10-18-43-44(39)47(36)37-25-29(19-24-42(37)50-43)28-11-5-4-6-12-28/h4-27H,1-3H3. The van der Waals surface area contributed by atoms with Crippen molar-refractivity contribution < 1.29 is 4.74 Å². The maximum atomic E-state index is 6.72. The smallest absolute Gasteiger partial charge is 0.256 e. The third-order valence-corrected chi connectivity index (χ3v) is 11.1. The first-order chi connectivity index (χ1) is 24.4. The fourth-order valence-electron chi connectivity index (χ4n) is 8.81. The van der Waals surface area contributed by atoms with E-state index in [-0.39, 0.29) is 12.1 Å². The zero-order chi connectivity index (χ0) is 33.3. The van der Waals surface area contributed by atoms with Crippen molar-refractivity contribution in [2.45, 2.75) is 26.2 Å². The molecule has 0 saturated carbocycles. The molecule has 7 aromatic carbocycles. The molecule has 0 bridgehead atoms. The van der Waals surface area contributed by atoms with Crippen LogP contribution in [0.2, 0.25) is 0 Å². The van der Waals surface area contributed by atoms with Crippen molar-refractivity contribution >= 4 is 66.7 Å². The second kappa shape index (κ2) is 9.80. The van der Waals surface area contributed by atoms with Gasteiger partial charge in [-0.15, -0.1) is 0 Å². The van der Waals surface area contributed by atoms with Gasteiger partial charge in [-0.05, 0) is 87.0 Å². The Hall–Kier alpha value is -6.00. The maximum Gasteiger partial charge on any atom is 0.256 e. The predicted molar refractivity (Wildman–Crippen MR) is 210 cm³/mol. The molecule has 4 heteroatoms. The Bertz CT molecular complexity index is 2870. The number of ether oxygens (including phenoxy) is 1. The average molecular weight is 641 g/mol. The summed E-state index contributed by atoms with van der Waals surface area (Å²) in [4.78, 5) is 0. The van der Waals surface area contributed by atoms with Crippen molar-refractivity contribution in [1.82, 2.24) is 9.13 Å². The number of hydrogen-bond acceptors (Lipinski definition) is 1. The molecule has 0 fully saturated rings. The van der Waals surface area contributed by atoms with Crippen molar-refractivity contribution in [3.05, 3.63) is 151 Å². The predicted octanol–water partition coefficient (Wildman–Crippen LogP) is 9.78. The summed E-state index contributed by atoms with van der Waals surface area (Å²) in [5.41, 5.74) is 14.9. The van der Waals surface area contributed by atoms with Gasteiger partial charge in [-0.25, -0.2) is 0 Å². The normalized spacial score (nSPS) is 13.2. The van der Waals surface area contributed by atoms with E-state index in [0.29, 0.717) is 0 Å². The first kappa shape index (κ1) is 27.9. The number of fused-ring (bicyclic) bond motifs is 10. The van der Waals surface area contributed by atoms with Crippen LogP contribution in [-0.4, -0.2) is 15.8 Å². The van der Waals surface area contributed by atoms with Gasteiger partial charge in [0.1, 0.15) is 11.5 Å². The van der Waals surface area contributed by atoms with E-state index in [2.05, 4.69) is 175 Å². The van der Waals surface area contributed by atoms with Crippen LogP contribution in [0, 0.1) is 0 Å². The van der Waals surface area contributed by atoms with Gasteiger partial charge in [0.15, 0.2) is 0 Å². The van der Waals surface area contributed by atoms with Crippen molar-refractivity contribution in [3.63, 3.8) is 0 Å². The van der Waals surface area contributed by atoms with Crippen molar-refractivity contribution in [3.8, 4) is 34.0 Å². The monoisotopic (exact) mass is 640 g/mol. The van der Waals surface area contributed by atoms with Crippen LogP contribution in [0.3, 0.4) is 0 Å². The molecule has 2 aliphatic rings. The number of aromatic nitrogens is 2. The maximum absolute atomic E-state index is 6.72. The lowest BCUT2D eigenvalue weighted by Crippen LogP contribution is -2.58. The average Bonchev–Trinajstić information content (AvgIpc) is 3.65. The molecule has 50 heavy (non-hydrogen) atoms. The molecule has 4 heterocycles. The molecule has 0 amide bonds. The SMILES string of the molecule is CC(C)(C)c1ccc(-n2c3ccccc3c3cc4c5cccc6c5n(c4cc32)-c2cccc3c2B6c2cc(-c4ccccc4)ccc2O3)cc1. The van der Waals surface area contributed by atoms with Gasteiger partial charge in [-0.3, -0.25) is 0 Å². The molecule has 0 saturated heterocycles. The lowest BCUT2D eigenvalue weighted by molar-refractivity contribution is 0.487. The Balaban J connectivity index is 1.22. The minimum atomic E-state index is 0.0690. The molecule has 2 aromatic heterocycles. The Labute approximate surface area is 291 Å². The van der Waals surface area contributed by atoms with Crippen LogP contribution >= 0.6 is 0 Å². The zero-order valence-corrected chi connectivity index (χ0v) is 28.2. The lowest BCUT2D eigenvalue weighted by Gasteiger charge is -2.33. The van der Waals surface area contributed by atoms with E-state index in [0.717, 1.165) is 11.5 Å². The minimum absolute atomic E-state index is 0.0690. The van der Waals surface area contributed by atoms with Gasteiger partial charge < -0.3 is 13.9 Å². The first-order valence-electron chi connectivity index (χ1n) is 17.6. The van der Waals surface area contributed by atoms with E-state index in [4.69, 9.17) is 4.74 Å². The Kier molecular flexibility index (Phi) is 5.47. The highest BCUT2D eigenvalue weighted by Crippen LogP contribution is 2.42. The summed E-state index contributed by atoms with van der Waals surface area (Å²) in [6.45, 7) is 6.89. The number of para-hydroxylation sites is 2. The molecule has 0 atom stereocenters. The van der Waals surface area contributed by atoms with Crippen LogP contribution in [0.4, 0.5) is 0 Å². The third kappa shape index (κ3) is 3.71. The largest absolute Gasteiger partial charge is 0.458 e. The minimum Gasteiger partial charge on any atom is -0.458 e. The fraction of sp³-hybridized carbons (Fsp3) is 0.0870. The molecule has 0 aliphatic carbocycles. The van der Waals surface area contributed by atoms with Gasteiger partial charge in [-0.2, -0.15) is 0 Å². The zero-order valence-electron chi connectivity index (χ0n) is 28.2. The summed E-state index contributed by atoms with van der Waals surface area (Å²) in [5, 5.41) is 5.10. The first-order valence-corrected chi connectivity index (χ1v) is 17.6. The van der Waals surface area contributed by atoms with Crippen LogP contribution in [-0.2, 0) is 5.41 Å². The van der Waals surface area contributed by atoms with Gasteiger partial charge in [0.2, 0.25) is 0 Å². The van der Waals surface area contributed by atoms with Gasteiger partial charge in [-0.1, -0.05) is 118 Å². The van der Waals surface area contributed by atoms with Crippen LogP contribution in [0.1, 0.15) is 26.3 Å². The molecular formula is C46H33BN2O. The van der Waals surface area contributed by atoms with Crippen molar-refractivity contribution in [2.24, 2.45) is 0 Å². The Morgan fingerprint density at radius 1 is 0.500 bits per heavy atom. The topological polar surface area (TPSA) is 19.1 Å². The number of nitrogens with zero attached hydrogens (tertiary/aromatic N) is 2. The van der Waals surface area contributed by atoms with E-state index >= 15 is 0 Å². The highest BCUT2D eigenvalue weighted by atomic mass is 16.5. The van der Waals surface area contributed by atoms with Crippen LogP contribution in [0.5, 0.6) is 11.5 Å². The molecule has 0 radical (unpaired) electrons. The van der Waals surface area contributed by atoms with E-state index in [1.54, 1.807) is 0 Å². The second-order valence-electron chi connectivity index (χ2n) is 15.0. The molecule has 236 valence electrons. The summed E-state index contributed by atoms with van der Waals surface area (Å²) < 4.78 is 11.7. The van der Waals surface area contributed by atoms with Crippen molar-refractivity contribution in [1.29, 1.82) is 0 Å². The summed E-state index contributed by atoms with van der Waals surface area (Å²) >= 11 is 0.